The van der Waals surface area contributed by atoms with Crippen molar-refractivity contribution in [1.29, 1.82) is 0 Å². The largest absolute Gasteiger partial charge is 0.465 e. The first-order valence-electron chi connectivity index (χ1n) is 7.75. The van der Waals surface area contributed by atoms with E-state index in [1.54, 1.807) is 36.1 Å². The van der Waals surface area contributed by atoms with Crippen molar-refractivity contribution in [2.24, 2.45) is 0 Å². The van der Waals surface area contributed by atoms with Crippen LogP contribution in [0.2, 0.25) is 0 Å². The van der Waals surface area contributed by atoms with Gasteiger partial charge in [-0.25, -0.2) is 13.1 Å². The van der Waals surface area contributed by atoms with Crippen molar-refractivity contribution in [1.82, 2.24) is 4.72 Å². The second-order valence-electron chi connectivity index (χ2n) is 6.07. The van der Waals surface area contributed by atoms with Gasteiger partial charge in [0.05, 0.1) is 11.4 Å². The third-order valence-electron chi connectivity index (χ3n) is 4.15. The Morgan fingerprint density at radius 2 is 2.08 bits per heavy atom. The molecule has 1 aromatic heterocycles. The predicted molar refractivity (Wildman–Crippen MR) is 90.2 cm³/mol. The minimum Gasteiger partial charge on any atom is -0.465 e. The molecule has 2 heterocycles. The van der Waals surface area contributed by atoms with Gasteiger partial charge in [0.15, 0.2) is 0 Å². The maximum atomic E-state index is 12.5. The topological polar surface area (TPSA) is 79.6 Å². The molecule has 0 bridgehead atoms. The zero-order chi connectivity index (χ0) is 17.5. The van der Waals surface area contributed by atoms with Crippen molar-refractivity contribution < 1.29 is 17.6 Å². The van der Waals surface area contributed by atoms with Crippen LogP contribution in [0.3, 0.4) is 0 Å². The Kier molecular flexibility index (Phi) is 4.23. The van der Waals surface area contributed by atoms with Crippen molar-refractivity contribution in [2.75, 3.05) is 4.90 Å². The number of hydrogen-bond acceptors (Lipinski definition) is 4. The number of nitrogens with zero attached hydrogens (tertiary/aromatic N) is 1. The zero-order valence-corrected chi connectivity index (χ0v) is 14.7. The Morgan fingerprint density at radius 3 is 2.71 bits per heavy atom. The molecule has 24 heavy (non-hydrogen) atoms. The summed E-state index contributed by atoms with van der Waals surface area (Å²) in [4.78, 5) is 13.6. The summed E-state index contributed by atoms with van der Waals surface area (Å²) in [6, 6.07) is 8.44. The van der Waals surface area contributed by atoms with Crippen molar-refractivity contribution in [3.8, 4) is 0 Å². The molecular weight excluding hydrogens is 328 g/mol. The van der Waals surface area contributed by atoms with Crippen LogP contribution in [0.1, 0.15) is 30.9 Å². The van der Waals surface area contributed by atoms with Crippen LogP contribution >= 0.6 is 0 Å². The first-order valence-corrected chi connectivity index (χ1v) is 9.24. The molecule has 0 saturated carbocycles. The van der Waals surface area contributed by atoms with E-state index in [9.17, 15) is 13.2 Å². The molecule has 1 amide bonds. The minimum atomic E-state index is -3.64. The average molecular weight is 348 g/mol. The molecular formula is C17H20N2O4S. The second kappa shape index (κ2) is 6.07. The monoisotopic (exact) mass is 348 g/mol. The lowest BCUT2D eigenvalue weighted by atomic mass is 10.1. The molecule has 1 atom stereocenters. The Hall–Kier alpha value is -2.12. The van der Waals surface area contributed by atoms with Crippen LogP contribution in [0.25, 0.3) is 0 Å². The summed E-state index contributed by atoms with van der Waals surface area (Å²) in [7, 11) is -3.64. The highest BCUT2D eigenvalue weighted by atomic mass is 32.2. The van der Waals surface area contributed by atoms with E-state index in [-0.39, 0.29) is 23.4 Å². The Balaban J connectivity index is 1.82. The van der Waals surface area contributed by atoms with E-state index in [1.807, 2.05) is 6.92 Å². The molecule has 1 aromatic carbocycles. The molecule has 1 unspecified atom stereocenters. The molecule has 3 rings (SSSR count). The van der Waals surface area contributed by atoms with E-state index in [4.69, 9.17) is 4.42 Å². The smallest absolute Gasteiger partial charge is 0.240 e. The fraction of sp³-hybridized carbons (Fsp3) is 0.353. The van der Waals surface area contributed by atoms with Gasteiger partial charge in [0.1, 0.15) is 11.5 Å². The molecule has 6 nitrogen and oxygen atoms in total. The van der Waals surface area contributed by atoms with E-state index in [2.05, 4.69) is 4.72 Å². The van der Waals surface area contributed by atoms with Crippen LogP contribution < -0.4 is 9.62 Å². The third kappa shape index (κ3) is 3.09. The maximum absolute atomic E-state index is 12.5. The van der Waals surface area contributed by atoms with Gasteiger partial charge in [0.25, 0.3) is 0 Å². The van der Waals surface area contributed by atoms with Gasteiger partial charge in [-0.3, -0.25) is 4.79 Å². The standard InChI is InChI=1S/C17H20N2O4S/c1-11-8-14-9-16(6-7-17(14)19(11)13(3)20)24(21,22)18-10-15-5-4-12(2)23-15/h4-7,9,11,18H,8,10H2,1-3H3. The van der Waals surface area contributed by atoms with Crippen molar-refractivity contribution in [3.63, 3.8) is 0 Å². The van der Waals surface area contributed by atoms with Gasteiger partial charge >= 0.3 is 0 Å². The highest BCUT2D eigenvalue weighted by molar-refractivity contribution is 7.89. The quantitative estimate of drug-likeness (QED) is 0.920. The molecule has 0 fully saturated rings. The number of sulfonamides is 1. The molecule has 1 aliphatic heterocycles. The van der Waals surface area contributed by atoms with Gasteiger partial charge in [-0.05, 0) is 56.2 Å². The summed E-state index contributed by atoms with van der Waals surface area (Å²) < 4.78 is 32.9. The lowest BCUT2D eigenvalue weighted by Gasteiger charge is -2.20. The molecule has 1 N–H and O–H groups in total. The number of aryl methyl sites for hydroxylation is 1. The normalized spacial score (nSPS) is 17.1. The molecule has 7 heteroatoms. The van der Waals surface area contributed by atoms with Crippen molar-refractivity contribution in [2.45, 2.75) is 44.7 Å². The van der Waals surface area contributed by atoms with Crippen LogP contribution in [0.15, 0.2) is 39.6 Å². The zero-order valence-electron chi connectivity index (χ0n) is 13.9. The van der Waals surface area contributed by atoms with Crippen LogP contribution in [-0.4, -0.2) is 20.4 Å². The van der Waals surface area contributed by atoms with Gasteiger partial charge < -0.3 is 9.32 Å². The van der Waals surface area contributed by atoms with Crippen molar-refractivity contribution >= 4 is 21.6 Å². The third-order valence-corrected chi connectivity index (χ3v) is 5.55. The van der Waals surface area contributed by atoms with Gasteiger partial charge in [0.2, 0.25) is 15.9 Å². The Bertz CT molecular complexity index is 886. The summed E-state index contributed by atoms with van der Waals surface area (Å²) in [5, 5.41) is 0. The second-order valence-corrected chi connectivity index (χ2v) is 7.84. The lowest BCUT2D eigenvalue weighted by Crippen LogP contribution is -2.33. The number of carbonyl (C=O) groups is 1. The van der Waals surface area contributed by atoms with E-state index in [0.29, 0.717) is 12.2 Å². The molecule has 1 aliphatic rings. The Labute approximate surface area is 141 Å². The first kappa shape index (κ1) is 16.7. The highest BCUT2D eigenvalue weighted by Crippen LogP contribution is 2.33. The van der Waals surface area contributed by atoms with E-state index in [1.165, 1.54) is 13.0 Å². The molecule has 128 valence electrons. The number of amides is 1. The molecule has 0 radical (unpaired) electrons. The van der Waals surface area contributed by atoms with Crippen LogP contribution in [0.4, 0.5) is 5.69 Å². The minimum absolute atomic E-state index is 0.0366. The number of fused-ring (bicyclic) bond motifs is 1. The van der Waals surface area contributed by atoms with Gasteiger partial charge in [0, 0.05) is 18.7 Å². The number of hydrogen-bond donors (Lipinski definition) is 1. The summed E-state index contributed by atoms with van der Waals surface area (Å²) in [6.45, 7) is 5.37. The first-order chi connectivity index (χ1) is 11.3. The molecule has 0 spiro atoms. The lowest BCUT2D eigenvalue weighted by molar-refractivity contribution is -0.116. The number of benzene rings is 1. The number of rotatable bonds is 4. The van der Waals surface area contributed by atoms with Crippen LogP contribution in [-0.2, 0) is 27.8 Å². The van der Waals surface area contributed by atoms with Crippen molar-refractivity contribution in [3.05, 3.63) is 47.4 Å². The summed E-state index contributed by atoms with van der Waals surface area (Å²) in [5.41, 5.74) is 1.66. The van der Waals surface area contributed by atoms with Gasteiger partial charge in [-0.2, -0.15) is 0 Å². The molecule has 0 saturated heterocycles. The van der Waals surface area contributed by atoms with E-state index >= 15 is 0 Å². The fourth-order valence-corrected chi connectivity index (χ4v) is 4.13. The number of nitrogens with one attached hydrogen (secondary N) is 1. The molecule has 0 aliphatic carbocycles. The number of anilines is 1. The highest BCUT2D eigenvalue weighted by Gasteiger charge is 2.30. The predicted octanol–water partition coefficient (Wildman–Crippen LogP) is 2.36. The van der Waals surface area contributed by atoms with Gasteiger partial charge in [-0.1, -0.05) is 0 Å². The summed E-state index contributed by atoms with van der Waals surface area (Å²) in [5.74, 6) is 1.26. The van der Waals surface area contributed by atoms with Crippen LogP contribution in [0, 0.1) is 6.92 Å². The fourth-order valence-electron chi connectivity index (χ4n) is 3.08. The van der Waals surface area contributed by atoms with E-state index in [0.717, 1.165) is 17.0 Å². The van der Waals surface area contributed by atoms with Crippen LogP contribution in [0.5, 0.6) is 0 Å². The maximum Gasteiger partial charge on any atom is 0.240 e. The molecule has 2 aromatic rings. The SMILES string of the molecule is CC(=O)N1c2ccc(S(=O)(=O)NCc3ccc(C)o3)cc2CC1C. The number of furan rings is 1. The van der Waals surface area contributed by atoms with E-state index < -0.39 is 10.0 Å². The average Bonchev–Trinajstić information content (AvgIpc) is 3.06. The number of carbonyl (C=O) groups excluding carboxylic acids is 1. The summed E-state index contributed by atoms with van der Waals surface area (Å²) >= 11 is 0. The Morgan fingerprint density at radius 1 is 1.33 bits per heavy atom. The summed E-state index contributed by atoms with van der Waals surface area (Å²) in [6.07, 6.45) is 0.648. The van der Waals surface area contributed by atoms with Gasteiger partial charge in [-0.15, -0.1) is 0 Å².